The topological polar surface area (TPSA) is 69.6 Å². The van der Waals surface area contributed by atoms with Crippen LogP contribution in [-0.4, -0.2) is 28.3 Å². The second-order valence-electron chi connectivity index (χ2n) is 5.23. The van der Waals surface area contributed by atoms with Crippen molar-refractivity contribution < 1.29 is 15.0 Å². The molecular formula is C15H21NO3. The van der Waals surface area contributed by atoms with Crippen LogP contribution in [0.4, 0.5) is 0 Å². The molecule has 2 rings (SSSR count). The number of nitrogens with one attached hydrogen (secondary N) is 1. The number of hydrogen-bond acceptors (Lipinski definition) is 3. The average Bonchev–Trinajstić information content (AvgIpc) is 2.39. The van der Waals surface area contributed by atoms with Crippen LogP contribution in [0.3, 0.4) is 0 Å². The minimum atomic E-state index is -0.809. The summed E-state index contributed by atoms with van der Waals surface area (Å²) in [5.74, 6) is -0.809. The zero-order valence-corrected chi connectivity index (χ0v) is 11.0. The third kappa shape index (κ3) is 4.33. The van der Waals surface area contributed by atoms with E-state index in [0.717, 1.165) is 36.9 Å². The Labute approximate surface area is 113 Å². The van der Waals surface area contributed by atoms with Crippen LogP contribution in [-0.2, 0) is 17.8 Å². The third-order valence-electron chi connectivity index (χ3n) is 3.68. The molecule has 0 radical (unpaired) electrons. The first-order valence-corrected chi connectivity index (χ1v) is 6.86. The van der Waals surface area contributed by atoms with Gasteiger partial charge in [-0.1, -0.05) is 37.1 Å². The number of hydrogen-bond donors (Lipinski definition) is 3. The lowest BCUT2D eigenvalue weighted by Gasteiger charge is -2.28. The van der Waals surface area contributed by atoms with Crippen molar-refractivity contribution in [1.29, 1.82) is 0 Å². The number of aliphatic carboxylic acids is 1. The first-order valence-electron chi connectivity index (χ1n) is 6.86. The zero-order chi connectivity index (χ0) is 13.7. The van der Waals surface area contributed by atoms with Gasteiger partial charge in [-0.2, -0.15) is 0 Å². The normalized spacial score (nSPS) is 23.2. The fourth-order valence-corrected chi connectivity index (χ4v) is 2.55. The molecule has 0 amide bonds. The van der Waals surface area contributed by atoms with Gasteiger partial charge in [-0.15, -0.1) is 0 Å². The van der Waals surface area contributed by atoms with Gasteiger partial charge in [-0.25, -0.2) is 0 Å². The highest BCUT2D eigenvalue weighted by Crippen LogP contribution is 2.18. The van der Waals surface area contributed by atoms with E-state index in [9.17, 15) is 9.90 Å². The Morgan fingerprint density at radius 3 is 2.42 bits per heavy atom. The van der Waals surface area contributed by atoms with Crippen LogP contribution < -0.4 is 5.32 Å². The summed E-state index contributed by atoms with van der Waals surface area (Å²) in [4.78, 5) is 10.6. The summed E-state index contributed by atoms with van der Waals surface area (Å²) in [5.41, 5.74) is 1.93. The summed E-state index contributed by atoms with van der Waals surface area (Å²) in [5, 5.41) is 21.9. The van der Waals surface area contributed by atoms with Crippen LogP contribution in [0.2, 0.25) is 0 Å². The summed E-state index contributed by atoms with van der Waals surface area (Å²) in [6.45, 7) is 0.717. The lowest BCUT2D eigenvalue weighted by molar-refractivity contribution is -0.136. The maximum Gasteiger partial charge on any atom is 0.307 e. The van der Waals surface area contributed by atoms with Gasteiger partial charge in [0.15, 0.2) is 0 Å². The summed E-state index contributed by atoms with van der Waals surface area (Å²) in [6, 6.07) is 7.78. The number of rotatable bonds is 5. The van der Waals surface area contributed by atoms with Crippen molar-refractivity contribution in [2.24, 2.45) is 0 Å². The molecule has 2 atom stereocenters. The van der Waals surface area contributed by atoms with Crippen molar-refractivity contribution in [1.82, 2.24) is 5.32 Å². The van der Waals surface area contributed by atoms with Crippen molar-refractivity contribution in [3.8, 4) is 0 Å². The van der Waals surface area contributed by atoms with Crippen molar-refractivity contribution in [2.45, 2.75) is 50.8 Å². The van der Waals surface area contributed by atoms with Gasteiger partial charge in [0, 0.05) is 12.6 Å². The van der Waals surface area contributed by atoms with Gasteiger partial charge >= 0.3 is 5.97 Å². The molecule has 3 N–H and O–H groups in total. The number of aliphatic hydroxyl groups excluding tert-OH is 1. The summed E-state index contributed by atoms with van der Waals surface area (Å²) in [7, 11) is 0. The highest BCUT2D eigenvalue weighted by atomic mass is 16.4. The van der Waals surface area contributed by atoms with Crippen molar-refractivity contribution in [3.05, 3.63) is 35.4 Å². The minimum absolute atomic E-state index is 0.0645. The molecular weight excluding hydrogens is 242 g/mol. The predicted molar refractivity (Wildman–Crippen MR) is 72.9 cm³/mol. The number of benzene rings is 1. The van der Waals surface area contributed by atoms with Gasteiger partial charge in [0.2, 0.25) is 0 Å². The molecule has 1 fully saturated rings. The predicted octanol–water partition coefficient (Wildman–Crippen LogP) is 1.71. The molecule has 1 saturated carbocycles. The van der Waals surface area contributed by atoms with Crippen LogP contribution in [0.25, 0.3) is 0 Å². The van der Waals surface area contributed by atoms with E-state index in [-0.39, 0.29) is 18.6 Å². The van der Waals surface area contributed by atoms with E-state index in [4.69, 9.17) is 5.11 Å². The maximum absolute atomic E-state index is 10.6. The Hall–Kier alpha value is -1.39. The molecule has 4 nitrogen and oxygen atoms in total. The summed E-state index contributed by atoms with van der Waals surface area (Å²) < 4.78 is 0. The van der Waals surface area contributed by atoms with E-state index >= 15 is 0 Å². The molecule has 0 bridgehead atoms. The van der Waals surface area contributed by atoms with Gasteiger partial charge in [0.05, 0.1) is 12.5 Å². The third-order valence-corrected chi connectivity index (χ3v) is 3.68. The number of aliphatic hydroxyl groups is 1. The van der Waals surface area contributed by atoms with E-state index < -0.39 is 5.97 Å². The Bertz CT molecular complexity index is 416. The fourth-order valence-electron chi connectivity index (χ4n) is 2.55. The maximum atomic E-state index is 10.6. The summed E-state index contributed by atoms with van der Waals surface area (Å²) in [6.07, 6.45) is 4.03. The van der Waals surface area contributed by atoms with E-state index in [2.05, 4.69) is 5.32 Å². The molecule has 0 heterocycles. The number of carbonyl (C=O) groups is 1. The number of carboxylic acids is 1. The average molecular weight is 263 g/mol. The molecule has 1 aromatic rings. The zero-order valence-electron chi connectivity index (χ0n) is 11.0. The highest BCUT2D eigenvalue weighted by molar-refractivity contribution is 5.70. The van der Waals surface area contributed by atoms with Gasteiger partial charge in [0.25, 0.3) is 0 Å². The van der Waals surface area contributed by atoms with Crippen LogP contribution in [0.5, 0.6) is 0 Å². The molecule has 19 heavy (non-hydrogen) atoms. The molecule has 0 saturated heterocycles. The molecule has 1 aliphatic rings. The van der Waals surface area contributed by atoms with E-state index in [1.165, 1.54) is 6.42 Å². The van der Waals surface area contributed by atoms with E-state index in [1.54, 1.807) is 0 Å². The first kappa shape index (κ1) is 14.0. The Kier molecular flexibility index (Phi) is 4.93. The van der Waals surface area contributed by atoms with Crippen LogP contribution >= 0.6 is 0 Å². The lowest BCUT2D eigenvalue weighted by atomic mass is 9.92. The molecule has 1 aromatic carbocycles. The van der Waals surface area contributed by atoms with Crippen molar-refractivity contribution in [2.75, 3.05) is 0 Å². The second-order valence-corrected chi connectivity index (χ2v) is 5.23. The molecule has 0 spiro atoms. The molecule has 104 valence electrons. The van der Waals surface area contributed by atoms with Crippen LogP contribution in [0.1, 0.15) is 36.8 Å². The standard InChI is InChI=1S/C15H21NO3/c17-14-4-2-1-3-13(14)16-10-12-7-5-11(6-8-12)9-15(18)19/h5-8,13-14,16-17H,1-4,9-10H2,(H,18,19). The monoisotopic (exact) mass is 263 g/mol. The molecule has 1 aliphatic carbocycles. The second kappa shape index (κ2) is 6.68. The van der Waals surface area contributed by atoms with Crippen molar-refractivity contribution in [3.63, 3.8) is 0 Å². The van der Waals surface area contributed by atoms with Gasteiger partial charge < -0.3 is 15.5 Å². The van der Waals surface area contributed by atoms with Crippen molar-refractivity contribution >= 4 is 5.97 Å². The molecule has 2 unspecified atom stereocenters. The van der Waals surface area contributed by atoms with Gasteiger partial charge in [-0.3, -0.25) is 4.79 Å². The largest absolute Gasteiger partial charge is 0.481 e. The SMILES string of the molecule is O=C(O)Cc1ccc(CNC2CCCCC2O)cc1. The Morgan fingerprint density at radius 1 is 1.16 bits per heavy atom. The van der Waals surface area contributed by atoms with E-state index in [1.807, 2.05) is 24.3 Å². The number of carboxylic acid groups (broad SMARTS) is 1. The first-order chi connectivity index (χ1) is 9.15. The van der Waals surface area contributed by atoms with Gasteiger partial charge in [0.1, 0.15) is 0 Å². The Balaban J connectivity index is 1.84. The smallest absolute Gasteiger partial charge is 0.307 e. The molecule has 0 aliphatic heterocycles. The fraction of sp³-hybridized carbons (Fsp3) is 0.533. The minimum Gasteiger partial charge on any atom is -0.481 e. The molecule has 4 heteroatoms. The summed E-state index contributed by atoms with van der Waals surface area (Å²) >= 11 is 0. The van der Waals surface area contributed by atoms with E-state index in [0.29, 0.717) is 0 Å². The molecule has 0 aromatic heterocycles. The van der Waals surface area contributed by atoms with Gasteiger partial charge in [-0.05, 0) is 24.0 Å². The van der Waals surface area contributed by atoms with Crippen LogP contribution in [0, 0.1) is 0 Å². The van der Waals surface area contributed by atoms with Crippen LogP contribution in [0.15, 0.2) is 24.3 Å². The quantitative estimate of drug-likeness (QED) is 0.756. The lowest BCUT2D eigenvalue weighted by Crippen LogP contribution is -2.41. The highest BCUT2D eigenvalue weighted by Gasteiger charge is 2.21. The Morgan fingerprint density at radius 2 is 1.79 bits per heavy atom.